The highest BCUT2D eigenvalue weighted by atomic mass is 32.1. The molecule has 0 N–H and O–H groups in total. The maximum atomic E-state index is 12.0. The van der Waals surface area contributed by atoms with Crippen LogP contribution in [0.15, 0.2) is 29.8 Å². The average molecular weight is 260 g/mol. The normalized spacial score (nSPS) is 12.2. The second kappa shape index (κ2) is 4.90. The summed E-state index contributed by atoms with van der Waals surface area (Å²) in [6, 6.07) is 5.89. The van der Waals surface area contributed by atoms with Crippen LogP contribution in [0.5, 0.6) is 0 Å². The number of nitrogens with zero attached hydrogens (tertiary/aromatic N) is 2. The molecular weight excluding hydrogens is 244 g/mol. The van der Waals surface area contributed by atoms with Gasteiger partial charge < -0.3 is 0 Å². The van der Waals surface area contributed by atoms with Crippen LogP contribution < -0.4 is 0 Å². The summed E-state index contributed by atoms with van der Waals surface area (Å²) in [6.45, 7) is 5.66. The van der Waals surface area contributed by atoms with E-state index < -0.39 is 5.41 Å². The summed E-state index contributed by atoms with van der Waals surface area (Å²) >= 11 is 1.67. The van der Waals surface area contributed by atoms with E-state index in [1.165, 1.54) is 9.56 Å². The second-order valence-corrected chi connectivity index (χ2v) is 6.07. The summed E-state index contributed by atoms with van der Waals surface area (Å²) < 4.78 is 1.41. The first-order valence-electron chi connectivity index (χ1n) is 5.79. The van der Waals surface area contributed by atoms with E-state index in [0.717, 1.165) is 5.69 Å². The molecule has 18 heavy (non-hydrogen) atoms. The van der Waals surface area contributed by atoms with Crippen LogP contribution in [0.3, 0.4) is 0 Å². The summed E-state index contributed by atoms with van der Waals surface area (Å²) in [5, 5.41) is 6.29. The van der Waals surface area contributed by atoms with E-state index in [9.17, 15) is 4.79 Å². The molecule has 0 aliphatic rings. The van der Waals surface area contributed by atoms with Crippen molar-refractivity contribution in [3.63, 3.8) is 0 Å². The lowest BCUT2D eigenvalue weighted by Gasteiger charge is -2.15. The molecule has 2 aromatic rings. The van der Waals surface area contributed by atoms with Crippen molar-refractivity contribution in [2.75, 3.05) is 0 Å². The Labute approximate surface area is 111 Å². The Kier molecular flexibility index (Phi) is 3.48. The zero-order valence-electron chi connectivity index (χ0n) is 10.8. The van der Waals surface area contributed by atoms with Crippen molar-refractivity contribution in [2.24, 2.45) is 5.41 Å². The average Bonchev–Trinajstić information content (AvgIpc) is 2.95. The van der Waals surface area contributed by atoms with Crippen molar-refractivity contribution in [1.29, 1.82) is 0 Å². The van der Waals surface area contributed by atoms with Gasteiger partial charge in [-0.05, 0) is 29.7 Å². The first-order valence-corrected chi connectivity index (χ1v) is 6.67. The fourth-order valence-electron chi connectivity index (χ4n) is 1.44. The zero-order valence-corrected chi connectivity index (χ0v) is 11.6. The van der Waals surface area contributed by atoms with Gasteiger partial charge in [0.05, 0.1) is 5.69 Å². The van der Waals surface area contributed by atoms with Crippen molar-refractivity contribution in [3.8, 4) is 0 Å². The van der Waals surface area contributed by atoms with Crippen LogP contribution in [-0.4, -0.2) is 15.7 Å². The van der Waals surface area contributed by atoms with Crippen LogP contribution in [0.4, 0.5) is 0 Å². The summed E-state index contributed by atoms with van der Waals surface area (Å²) in [6.07, 6.45) is 5.62. The van der Waals surface area contributed by atoms with Gasteiger partial charge in [-0.3, -0.25) is 4.79 Å². The molecule has 0 saturated heterocycles. The molecule has 0 bridgehead atoms. The van der Waals surface area contributed by atoms with E-state index >= 15 is 0 Å². The largest absolute Gasteiger partial charge is 0.272 e. The molecule has 2 heterocycles. The van der Waals surface area contributed by atoms with Crippen molar-refractivity contribution in [3.05, 3.63) is 40.3 Å². The third-order valence-corrected chi connectivity index (χ3v) is 3.26. The van der Waals surface area contributed by atoms with E-state index in [1.54, 1.807) is 17.5 Å². The number of aromatic nitrogens is 2. The van der Waals surface area contributed by atoms with E-state index in [4.69, 9.17) is 0 Å². The molecule has 0 fully saturated rings. The van der Waals surface area contributed by atoms with E-state index in [1.807, 2.05) is 56.5 Å². The molecule has 0 amide bonds. The molecular formula is C14H16N2OS. The molecule has 0 radical (unpaired) electrons. The summed E-state index contributed by atoms with van der Waals surface area (Å²) in [5.74, 6) is -0.00160. The molecule has 4 heteroatoms. The maximum Gasteiger partial charge on any atom is 0.252 e. The van der Waals surface area contributed by atoms with Crippen LogP contribution in [0.1, 0.15) is 36.1 Å². The quantitative estimate of drug-likeness (QED) is 0.823. The summed E-state index contributed by atoms with van der Waals surface area (Å²) in [5.41, 5.74) is 0.377. The number of carbonyl (C=O) groups is 1. The van der Waals surface area contributed by atoms with Crippen molar-refractivity contribution in [1.82, 2.24) is 9.78 Å². The third kappa shape index (κ3) is 2.96. The van der Waals surface area contributed by atoms with Gasteiger partial charge in [0.1, 0.15) is 0 Å². The predicted molar refractivity (Wildman–Crippen MR) is 75.6 cm³/mol. The van der Waals surface area contributed by atoms with Gasteiger partial charge in [0.25, 0.3) is 5.91 Å². The minimum Gasteiger partial charge on any atom is -0.272 e. The van der Waals surface area contributed by atoms with Crippen LogP contribution in [0, 0.1) is 5.41 Å². The molecule has 0 saturated carbocycles. The van der Waals surface area contributed by atoms with E-state index in [2.05, 4.69) is 5.10 Å². The lowest BCUT2D eigenvalue weighted by molar-refractivity contribution is 0.0748. The van der Waals surface area contributed by atoms with Crippen LogP contribution in [-0.2, 0) is 0 Å². The zero-order chi connectivity index (χ0) is 13.2. The molecule has 0 aliphatic heterocycles. The number of rotatable bonds is 2. The fourth-order valence-corrected chi connectivity index (χ4v) is 2.06. The topological polar surface area (TPSA) is 34.9 Å². The molecule has 94 valence electrons. The number of carbonyl (C=O) groups excluding carboxylic acids is 1. The van der Waals surface area contributed by atoms with Crippen LogP contribution >= 0.6 is 11.3 Å². The van der Waals surface area contributed by atoms with Gasteiger partial charge in [-0.15, -0.1) is 11.3 Å². The molecule has 2 aromatic heterocycles. The van der Waals surface area contributed by atoms with Gasteiger partial charge in [0.2, 0.25) is 0 Å². The first kappa shape index (κ1) is 12.8. The highest BCUT2D eigenvalue weighted by molar-refractivity contribution is 7.10. The molecule has 3 nitrogen and oxygen atoms in total. The monoisotopic (exact) mass is 260 g/mol. The van der Waals surface area contributed by atoms with Crippen molar-refractivity contribution < 1.29 is 4.79 Å². The van der Waals surface area contributed by atoms with Gasteiger partial charge >= 0.3 is 0 Å². The Balaban J connectivity index is 2.14. The Hall–Kier alpha value is -1.68. The second-order valence-electron chi connectivity index (χ2n) is 5.09. The number of hydrogen-bond donors (Lipinski definition) is 0. The Morgan fingerprint density at radius 2 is 2.11 bits per heavy atom. The minimum absolute atomic E-state index is 0.00160. The van der Waals surface area contributed by atoms with Gasteiger partial charge in [0, 0.05) is 16.5 Å². The molecule has 0 aliphatic carbocycles. The predicted octanol–water partition coefficient (Wildman–Crippen LogP) is 3.80. The van der Waals surface area contributed by atoms with Crippen molar-refractivity contribution in [2.45, 2.75) is 20.8 Å². The molecule has 0 aromatic carbocycles. The molecule has 0 spiro atoms. The fraction of sp³-hybridized carbons (Fsp3) is 0.286. The van der Waals surface area contributed by atoms with Gasteiger partial charge in [-0.25, -0.2) is 4.68 Å². The van der Waals surface area contributed by atoms with Crippen molar-refractivity contribution >= 4 is 29.4 Å². The molecule has 2 rings (SSSR count). The lowest BCUT2D eigenvalue weighted by atomic mass is 9.96. The maximum absolute atomic E-state index is 12.0. The molecule has 0 atom stereocenters. The highest BCUT2D eigenvalue weighted by Crippen LogP contribution is 2.17. The third-order valence-electron chi connectivity index (χ3n) is 2.42. The Morgan fingerprint density at radius 3 is 2.72 bits per heavy atom. The summed E-state index contributed by atoms with van der Waals surface area (Å²) in [7, 11) is 0. The molecule has 0 unspecified atom stereocenters. The Bertz CT molecular complexity index is 559. The first-order chi connectivity index (χ1) is 8.47. The lowest BCUT2D eigenvalue weighted by Crippen LogP contribution is -2.27. The van der Waals surface area contributed by atoms with E-state index in [-0.39, 0.29) is 5.91 Å². The van der Waals surface area contributed by atoms with Crippen LogP contribution in [0.25, 0.3) is 12.2 Å². The van der Waals surface area contributed by atoms with Crippen LogP contribution in [0.2, 0.25) is 0 Å². The summed E-state index contributed by atoms with van der Waals surface area (Å²) in [4.78, 5) is 13.2. The van der Waals surface area contributed by atoms with E-state index in [0.29, 0.717) is 0 Å². The highest BCUT2D eigenvalue weighted by Gasteiger charge is 2.23. The number of thiophene rings is 1. The Morgan fingerprint density at radius 1 is 1.33 bits per heavy atom. The van der Waals surface area contributed by atoms with Gasteiger partial charge in [-0.1, -0.05) is 26.8 Å². The minimum atomic E-state index is -0.416. The smallest absolute Gasteiger partial charge is 0.252 e. The number of hydrogen-bond acceptors (Lipinski definition) is 3. The van der Waals surface area contributed by atoms with Gasteiger partial charge in [0.15, 0.2) is 0 Å². The SMILES string of the molecule is CC(C)(C)C(=O)n1ccc(C=Cc2cccs2)n1. The standard InChI is InChI=1S/C14H16N2OS/c1-14(2,3)13(17)16-9-8-11(15-16)6-7-12-5-4-10-18-12/h4-10H,1-3H3. The van der Waals surface area contributed by atoms with Gasteiger partial charge in [-0.2, -0.15) is 5.10 Å².